The summed E-state index contributed by atoms with van der Waals surface area (Å²) in [6.07, 6.45) is 2.29. The van der Waals surface area contributed by atoms with E-state index in [9.17, 15) is 0 Å². The molecule has 0 aliphatic heterocycles. The first-order chi connectivity index (χ1) is 6.24. The molecule has 0 aromatic rings. The Balaban J connectivity index is 3.69. The quantitative estimate of drug-likeness (QED) is 0.714. The van der Waals surface area contributed by atoms with E-state index in [0.29, 0.717) is 6.04 Å². The molecule has 0 saturated heterocycles. The van der Waals surface area contributed by atoms with E-state index in [1.807, 2.05) is 0 Å². The molecule has 1 atom stereocenters. The Morgan fingerprint density at radius 2 is 1.71 bits per heavy atom. The summed E-state index contributed by atoms with van der Waals surface area (Å²) in [6.45, 7) is 12.2. The third kappa shape index (κ3) is 6.39. The minimum atomic E-state index is -0.0120. The van der Waals surface area contributed by atoms with Gasteiger partial charge in [-0.25, -0.2) is 0 Å². The van der Waals surface area contributed by atoms with Crippen LogP contribution in [0.1, 0.15) is 47.5 Å². The Morgan fingerprint density at radius 1 is 1.21 bits per heavy atom. The third-order valence-corrected chi connectivity index (χ3v) is 2.99. The van der Waals surface area contributed by atoms with Crippen LogP contribution in [-0.2, 0) is 0 Å². The van der Waals surface area contributed by atoms with Crippen molar-refractivity contribution < 1.29 is 0 Å². The lowest BCUT2D eigenvalue weighted by atomic mass is 9.99. The van der Waals surface area contributed by atoms with Crippen molar-refractivity contribution in [3.05, 3.63) is 0 Å². The molecule has 0 heterocycles. The van der Waals surface area contributed by atoms with Gasteiger partial charge in [0.15, 0.2) is 0 Å². The van der Waals surface area contributed by atoms with Gasteiger partial charge in [0.25, 0.3) is 0 Å². The van der Waals surface area contributed by atoms with Crippen LogP contribution in [0.5, 0.6) is 0 Å². The zero-order valence-corrected chi connectivity index (χ0v) is 10.8. The summed E-state index contributed by atoms with van der Waals surface area (Å²) in [4.78, 5) is 2.43. The van der Waals surface area contributed by atoms with Crippen molar-refractivity contribution in [3.63, 3.8) is 0 Å². The van der Waals surface area contributed by atoms with Gasteiger partial charge in [-0.15, -0.1) is 0 Å². The van der Waals surface area contributed by atoms with Crippen LogP contribution in [0.15, 0.2) is 0 Å². The van der Waals surface area contributed by atoms with E-state index in [2.05, 4.69) is 46.6 Å². The van der Waals surface area contributed by atoms with Crippen LogP contribution >= 0.6 is 0 Å². The summed E-state index contributed by atoms with van der Waals surface area (Å²) in [5, 5.41) is 0. The SMILES string of the molecule is CC(C)C(C)N(C)CCCC(C)(C)N. The first-order valence-corrected chi connectivity index (χ1v) is 5.73. The third-order valence-electron chi connectivity index (χ3n) is 2.99. The van der Waals surface area contributed by atoms with Crippen LogP contribution < -0.4 is 5.73 Å². The van der Waals surface area contributed by atoms with Gasteiger partial charge < -0.3 is 10.6 Å². The maximum Gasteiger partial charge on any atom is 0.00975 e. The molecule has 0 aliphatic carbocycles. The molecule has 0 spiro atoms. The van der Waals surface area contributed by atoms with Gasteiger partial charge in [0.1, 0.15) is 0 Å². The maximum atomic E-state index is 5.94. The smallest absolute Gasteiger partial charge is 0.00975 e. The minimum absolute atomic E-state index is 0.0120. The van der Waals surface area contributed by atoms with Gasteiger partial charge in [-0.1, -0.05) is 13.8 Å². The summed E-state index contributed by atoms with van der Waals surface area (Å²) in [7, 11) is 2.20. The molecule has 2 nitrogen and oxygen atoms in total. The largest absolute Gasteiger partial charge is 0.326 e. The Kier molecular flexibility index (Phi) is 5.68. The lowest BCUT2D eigenvalue weighted by Gasteiger charge is -2.29. The molecule has 2 heteroatoms. The molecule has 0 aromatic heterocycles. The fraction of sp³-hybridized carbons (Fsp3) is 1.00. The first-order valence-electron chi connectivity index (χ1n) is 5.73. The van der Waals surface area contributed by atoms with Crippen LogP contribution in [0, 0.1) is 5.92 Å². The molecule has 0 aliphatic rings. The van der Waals surface area contributed by atoms with E-state index in [4.69, 9.17) is 5.73 Å². The monoisotopic (exact) mass is 200 g/mol. The summed E-state index contributed by atoms with van der Waals surface area (Å²) in [6, 6.07) is 0.663. The second kappa shape index (κ2) is 5.72. The van der Waals surface area contributed by atoms with E-state index in [1.165, 1.54) is 6.42 Å². The Hall–Kier alpha value is -0.0800. The highest BCUT2D eigenvalue weighted by Crippen LogP contribution is 2.11. The highest BCUT2D eigenvalue weighted by Gasteiger charge is 2.14. The minimum Gasteiger partial charge on any atom is -0.326 e. The Bertz CT molecular complexity index is 147. The molecule has 0 radical (unpaired) electrons. The topological polar surface area (TPSA) is 29.3 Å². The predicted octanol–water partition coefficient (Wildman–Crippen LogP) is 2.48. The summed E-state index contributed by atoms with van der Waals surface area (Å²) in [5.74, 6) is 0.728. The average Bonchev–Trinajstić information content (AvgIpc) is 2.00. The van der Waals surface area contributed by atoms with Crippen molar-refractivity contribution >= 4 is 0 Å². The molecular weight excluding hydrogens is 172 g/mol. The highest BCUT2D eigenvalue weighted by molar-refractivity contribution is 4.73. The van der Waals surface area contributed by atoms with Crippen LogP contribution in [0.3, 0.4) is 0 Å². The predicted molar refractivity (Wildman–Crippen MR) is 64.4 cm³/mol. The molecule has 0 bridgehead atoms. The van der Waals surface area contributed by atoms with Gasteiger partial charge in [-0.3, -0.25) is 0 Å². The summed E-state index contributed by atoms with van der Waals surface area (Å²) in [5.41, 5.74) is 5.93. The van der Waals surface area contributed by atoms with Gasteiger partial charge in [0.2, 0.25) is 0 Å². The van der Waals surface area contributed by atoms with Crippen molar-refractivity contribution in [2.75, 3.05) is 13.6 Å². The number of nitrogens with two attached hydrogens (primary N) is 1. The fourth-order valence-corrected chi connectivity index (χ4v) is 1.50. The van der Waals surface area contributed by atoms with Crippen molar-refractivity contribution in [2.24, 2.45) is 11.7 Å². The molecule has 0 amide bonds. The van der Waals surface area contributed by atoms with E-state index < -0.39 is 0 Å². The number of hydrogen-bond donors (Lipinski definition) is 1. The average molecular weight is 200 g/mol. The zero-order chi connectivity index (χ0) is 11.4. The van der Waals surface area contributed by atoms with Gasteiger partial charge in [-0.05, 0) is 53.1 Å². The maximum absolute atomic E-state index is 5.94. The van der Waals surface area contributed by atoms with Gasteiger partial charge in [-0.2, -0.15) is 0 Å². The Labute approximate surface area is 89.9 Å². The zero-order valence-electron chi connectivity index (χ0n) is 10.8. The molecule has 0 aromatic carbocycles. The highest BCUT2D eigenvalue weighted by atomic mass is 15.1. The number of hydrogen-bond acceptors (Lipinski definition) is 2. The fourth-order valence-electron chi connectivity index (χ4n) is 1.50. The summed E-state index contributed by atoms with van der Waals surface area (Å²) >= 11 is 0. The van der Waals surface area contributed by atoms with Gasteiger partial charge in [0.05, 0.1) is 0 Å². The molecule has 2 N–H and O–H groups in total. The second-order valence-electron chi connectivity index (χ2n) is 5.56. The van der Waals surface area contributed by atoms with Crippen molar-refractivity contribution in [1.82, 2.24) is 4.90 Å². The number of nitrogens with zero attached hydrogens (tertiary/aromatic N) is 1. The lowest BCUT2D eigenvalue weighted by molar-refractivity contribution is 0.200. The van der Waals surface area contributed by atoms with E-state index >= 15 is 0 Å². The number of rotatable bonds is 6. The molecule has 0 saturated carbocycles. The van der Waals surface area contributed by atoms with Gasteiger partial charge in [0, 0.05) is 11.6 Å². The van der Waals surface area contributed by atoms with Crippen LogP contribution in [0.25, 0.3) is 0 Å². The molecular formula is C12H28N2. The first kappa shape index (κ1) is 13.9. The normalized spacial score (nSPS) is 15.2. The van der Waals surface area contributed by atoms with Crippen molar-refractivity contribution in [1.29, 1.82) is 0 Å². The molecule has 1 unspecified atom stereocenters. The molecule has 0 fully saturated rings. The lowest BCUT2D eigenvalue weighted by Crippen LogP contribution is -2.36. The molecule has 0 rings (SSSR count). The van der Waals surface area contributed by atoms with Crippen LogP contribution in [0.4, 0.5) is 0 Å². The molecule has 86 valence electrons. The van der Waals surface area contributed by atoms with E-state index in [-0.39, 0.29) is 5.54 Å². The van der Waals surface area contributed by atoms with Crippen molar-refractivity contribution in [2.45, 2.75) is 59.0 Å². The van der Waals surface area contributed by atoms with Gasteiger partial charge >= 0.3 is 0 Å². The standard InChI is InChI=1S/C12H28N2/c1-10(2)11(3)14(6)9-7-8-12(4,5)13/h10-11H,7-9,13H2,1-6H3. The van der Waals surface area contributed by atoms with E-state index in [1.54, 1.807) is 0 Å². The van der Waals surface area contributed by atoms with Crippen LogP contribution in [0.2, 0.25) is 0 Å². The van der Waals surface area contributed by atoms with Crippen LogP contribution in [-0.4, -0.2) is 30.1 Å². The Morgan fingerprint density at radius 3 is 2.07 bits per heavy atom. The van der Waals surface area contributed by atoms with Crippen molar-refractivity contribution in [3.8, 4) is 0 Å². The second-order valence-corrected chi connectivity index (χ2v) is 5.56. The molecule has 14 heavy (non-hydrogen) atoms. The summed E-state index contributed by atoms with van der Waals surface area (Å²) < 4.78 is 0. The van der Waals surface area contributed by atoms with E-state index in [0.717, 1.165) is 18.9 Å².